The van der Waals surface area contributed by atoms with E-state index in [4.69, 9.17) is 0 Å². The van der Waals surface area contributed by atoms with Crippen LogP contribution in [0.4, 0.5) is 4.39 Å². The van der Waals surface area contributed by atoms with Crippen molar-refractivity contribution in [3.63, 3.8) is 0 Å². The maximum Gasteiger partial charge on any atom is 0.118 e. The summed E-state index contributed by atoms with van der Waals surface area (Å²) in [5, 5.41) is 3.40. The van der Waals surface area contributed by atoms with Gasteiger partial charge in [0.2, 0.25) is 0 Å². The van der Waals surface area contributed by atoms with Gasteiger partial charge in [0.1, 0.15) is 5.83 Å². The fraction of sp³-hybridized carbons (Fsp3) is 0.500. The smallest absolute Gasteiger partial charge is 0.118 e. The minimum Gasteiger partial charge on any atom is -0.307 e. The van der Waals surface area contributed by atoms with E-state index in [0.29, 0.717) is 12.1 Å². The van der Waals surface area contributed by atoms with Gasteiger partial charge in [0, 0.05) is 12.1 Å². The molecule has 14 heavy (non-hydrogen) atoms. The molecule has 0 saturated carbocycles. The van der Waals surface area contributed by atoms with E-state index in [0.717, 1.165) is 12.0 Å². The third-order valence-electron chi connectivity index (χ3n) is 2.55. The lowest BCUT2D eigenvalue weighted by Gasteiger charge is -2.11. The van der Waals surface area contributed by atoms with E-state index in [-0.39, 0.29) is 5.83 Å². The molecule has 1 N–H and O–H groups in total. The van der Waals surface area contributed by atoms with Crippen molar-refractivity contribution in [1.82, 2.24) is 5.32 Å². The summed E-state index contributed by atoms with van der Waals surface area (Å²) in [5.74, 6) is -0.211. The summed E-state index contributed by atoms with van der Waals surface area (Å²) in [5.41, 5.74) is 0.964. The third kappa shape index (κ3) is 3.11. The second-order valence-electron chi connectivity index (χ2n) is 3.78. The Morgan fingerprint density at radius 3 is 2.64 bits per heavy atom. The molecule has 0 amide bonds. The molecule has 0 unspecified atom stereocenters. The monoisotopic (exact) mass is 195 g/mol. The number of allylic oxidation sites excluding steroid dienone is 3. The van der Waals surface area contributed by atoms with Gasteiger partial charge in [-0.15, -0.1) is 0 Å². The summed E-state index contributed by atoms with van der Waals surface area (Å²) < 4.78 is 12.8. The van der Waals surface area contributed by atoms with Crippen LogP contribution >= 0.6 is 0 Å². The van der Waals surface area contributed by atoms with Crippen LogP contribution in [0, 0.1) is 0 Å². The highest BCUT2D eigenvalue weighted by Crippen LogP contribution is 2.18. The SMILES string of the molecule is C=C(/C=C\C(F)=C/C)[C@@H]1CC[C@H](C)N1. The zero-order valence-corrected chi connectivity index (χ0v) is 8.89. The third-order valence-corrected chi connectivity index (χ3v) is 2.55. The first-order valence-electron chi connectivity index (χ1n) is 5.08. The summed E-state index contributed by atoms with van der Waals surface area (Å²) in [7, 11) is 0. The average molecular weight is 195 g/mol. The van der Waals surface area contributed by atoms with Crippen molar-refractivity contribution in [3.8, 4) is 0 Å². The van der Waals surface area contributed by atoms with Crippen molar-refractivity contribution in [2.24, 2.45) is 0 Å². The standard InChI is InChI=1S/C12H18FN/c1-4-11(13)7-5-9(2)12-8-6-10(3)14-12/h4-5,7,10,12,14H,2,6,8H2,1,3H3/b7-5-,11-4+/t10-,12-/m0/s1. The van der Waals surface area contributed by atoms with Crippen LogP contribution in [-0.2, 0) is 0 Å². The Bertz CT molecular complexity index is 265. The Hall–Kier alpha value is -0.890. The first-order chi connectivity index (χ1) is 6.63. The van der Waals surface area contributed by atoms with Gasteiger partial charge in [-0.25, -0.2) is 4.39 Å². The van der Waals surface area contributed by atoms with Gasteiger partial charge in [-0.05, 0) is 38.3 Å². The largest absolute Gasteiger partial charge is 0.307 e. The Balaban J connectivity index is 2.46. The number of rotatable bonds is 3. The topological polar surface area (TPSA) is 12.0 Å². The Morgan fingerprint density at radius 2 is 2.14 bits per heavy atom. The highest BCUT2D eigenvalue weighted by Gasteiger charge is 2.20. The van der Waals surface area contributed by atoms with Crippen LogP contribution in [0.3, 0.4) is 0 Å². The second-order valence-corrected chi connectivity index (χ2v) is 3.78. The zero-order valence-electron chi connectivity index (χ0n) is 8.89. The quantitative estimate of drug-likeness (QED) is 0.682. The van der Waals surface area contributed by atoms with Gasteiger partial charge in [0.25, 0.3) is 0 Å². The predicted molar refractivity (Wildman–Crippen MR) is 58.8 cm³/mol. The highest BCUT2D eigenvalue weighted by molar-refractivity contribution is 5.27. The van der Waals surface area contributed by atoms with Gasteiger partial charge >= 0.3 is 0 Å². The molecule has 78 valence electrons. The van der Waals surface area contributed by atoms with Crippen LogP contribution in [0.25, 0.3) is 0 Å². The minimum absolute atomic E-state index is 0.211. The van der Waals surface area contributed by atoms with E-state index >= 15 is 0 Å². The molecule has 0 aromatic rings. The molecule has 2 heteroatoms. The molecular formula is C12H18FN. The number of nitrogens with one attached hydrogen (secondary N) is 1. The molecule has 1 saturated heterocycles. The molecule has 0 aliphatic carbocycles. The van der Waals surface area contributed by atoms with E-state index in [1.165, 1.54) is 18.6 Å². The fourth-order valence-corrected chi connectivity index (χ4v) is 1.62. The molecule has 1 heterocycles. The van der Waals surface area contributed by atoms with Crippen LogP contribution in [0.5, 0.6) is 0 Å². The Labute approximate surface area is 85.4 Å². The molecule has 2 atom stereocenters. The van der Waals surface area contributed by atoms with Crippen LogP contribution in [-0.4, -0.2) is 12.1 Å². The van der Waals surface area contributed by atoms with Crippen molar-refractivity contribution in [2.45, 2.75) is 38.8 Å². The summed E-state index contributed by atoms with van der Waals surface area (Å²) in [6.45, 7) is 7.77. The Kier molecular flexibility index (Phi) is 4.08. The van der Waals surface area contributed by atoms with E-state index in [9.17, 15) is 4.39 Å². The molecule has 0 bridgehead atoms. The van der Waals surface area contributed by atoms with Gasteiger partial charge in [0.05, 0.1) is 0 Å². The van der Waals surface area contributed by atoms with E-state index in [1.54, 1.807) is 13.0 Å². The molecule has 0 spiro atoms. The van der Waals surface area contributed by atoms with Crippen molar-refractivity contribution in [1.29, 1.82) is 0 Å². The second kappa shape index (κ2) is 5.11. The molecule has 0 radical (unpaired) electrons. The maximum absolute atomic E-state index is 12.8. The van der Waals surface area contributed by atoms with Gasteiger partial charge in [0.15, 0.2) is 0 Å². The Morgan fingerprint density at radius 1 is 1.43 bits per heavy atom. The summed E-state index contributed by atoms with van der Waals surface area (Å²) in [6.07, 6.45) is 6.93. The fourth-order valence-electron chi connectivity index (χ4n) is 1.62. The number of hydrogen-bond donors (Lipinski definition) is 1. The molecule has 0 aromatic carbocycles. The van der Waals surface area contributed by atoms with Gasteiger partial charge in [-0.3, -0.25) is 0 Å². The van der Waals surface area contributed by atoms with Crippen molar-refractivity contribution in [3.05, 3.63) is 36.2 Å². The van der Waals surface area contributed by atoms with Crippen molar-refractivity contribution < 1.29 is 4.39 Å². The first kappa shape index (κ1) is 11.2. The van der Waals surface area contributed by atoms with Crippen LogP contribution in [0.1, 0.15) is 26.7 Å². The molecular weight excluding hydrogens is 177 g/mol. The van der Waals surface area contributed by atoms with E-state index < -0.39 is 0 Å². The minimum atomic E-state index is -0.211. The lowest BCUT2D eigenvalue weighted by molar-refractivity contribution is 0.617. The molecule has 1 aliphatic heterocycles. The molecule has 1 fully saturated rings. The first-order valence-corrected chi connectivity index (χ1v) is 5.08. The van der Waals surface area contributed by atoms with Gasteiger partial charge in [-0.2, -0.15) is 0 Å². The number of hydrogen-bond acceptors (Lipinski definition) is 1. The van der Waals surface area contributed by atoms with Crippen LogP contribution in [0.2, 0.25) is 0 Å². The van der Waals surface area contributed by atoms with Crippen LogP contribution < -0.4 is 5.32 Å². The van der Waals surface area contributed by atoms with Crippen LogP contribution in [0.15, 0.2) is 36.2 Å². The summed E-state index contributed by atoms with van der Waals surface area (Å²) >= 11 is 0. The normalized spacial score (nSPS) is 28.6. The lowest BCUT2D eigenvalue weighted by Crippen LogP contribution is -2.27. The average Bonchev–Trinajstić information content (AvgIpc) is 2.60. The van der Waals surface area contributed by atoms with E-state index in [1.807, 2.05) is 0 Å². The van der Waals surface area contributed by atoms with Gasteiger partial charge < -0.3 is 5.32 Å². The van der Waals surface area contributed by atoms with Crippen molar-refractivity contribution in [2.75, 3.05) is 0 Å². The highest BCUT2D eigenvalue weighted by atomic mass is 19.1. The van der Waals surface area contributed by atoms with E-state index in [2.05, 4.69) is 18.8 Å². The molecule has 1 nitrogen and oxygen atoms in total. The lowest BCUT2D eigenvalue weighted by atomic mass is 10.1. The molecule has 1 aliphatic rings. The summed E-state index contributed by atoms with van der Waals surface area (Å²) in [6, 6.07) is 0.877. The maximum atomic E-state index is 12.8. The van der Waals surface area contributed by atoms with Gasteiger partial charge in [-0.1, -0.05) is 18.7 Å². The van der Waals surface area contributed by atoms with Crippen molar-refractivity contribution >= 4 is 0 Å². The zero-order chi connectivity index (χ0) is 10.6. The predicted octanol–water partition coefficient (Wildman–Crippen LogP) is 3.11. The molecule has 1 rings (SSSR count). The molecule has 0 aromatic heterocycles. The summed E-state index contributed by atoms with van der Waals surface area (Å²) in [4.78, 5) is 0. The number of halogens is 1.